The standard InChI is InChI=1S/C16H30O6.Zr/c1-5-8-11-19-16(20-12-9-6-2,21-13-10-7-3)15(18)22-14(4)17;/h5-13H2,1-4H3;. The van der Waals surface area contributed by atoms with Crippen molar-refractivity contribution in [2.75, 3.05) is 19.8 Å². The van der Waals surface area contributed by atoms with Crippen LogP contribution in [0.1, 0.15) is 66.2 Å². The van der Waals surface area contributed by atoms with Crippen LogP contribution in [0.3, 0.4) is 0 Å². The SMILES string of the molecule is CCCCOC(OCCCC)(OCCCC)C(=O)OC(C)=O.[Zr]. The number of unbranched alkanes of at least 4 members (excludes halogenated alkanes) is 3. The van der Waals surface area contributed by atoms with Crippen molar-refractivity contribution in [1.82, 2.24) is 0 Å². The van der Waals surface area contributed by atoms with Crippen LogP contribution < -0.4 is 0 Å². The van der Waals surface area contributed by atoms with Gasteiger partial charge in [-0.15, -0.1) is 0 Å². The number of esters is 2. The van der Waals surface area contributed by atoms with Gasteiger partial charge in [0.25, 0.3) is 0 Å². The number of rotatable bonds is 13. The maximum absolute atomic E-state index is 12.2. The van der Waals surface area contributed by atoms with Gasteiger partial charge in [-0.3, -0.25) is 4.79 Å². The van der Waals surface area contributed by atoms with Crippen molar-refractivity contribution in [2.45, 2.75) is 72.2 Å². The van der Waals surface area contributed by atoms with Gasteiger partial charge in [0.15, 0.2) is 0 Å². The zero-order valence-corrected chi connectivity index (χ0v) is 17.3. The molecule has 7 heteroatoms. The molecule has 0 spiro atoms. The van der Waals surface area contributed by atoms with Gasteiger partial charge < -0.3 is 18.9 Å². The van der Waals surface area contributed by atoms with E-state index in [0.717, 1.165) is 45.4 Å². The maximum Gasteiger partial charge on any atom is 0.405 e. The van der Waals surface area contributed by atoms with Crippen LogP contribution in [0.25, 0.3) is 0 Å². The fraction of sp³-hybridized carbons (Fsp3) is 0.875. The summed E-state index contributed by atoms with van der Waals surface area (Å²) < 4.78 is 21.3. The molecule has 0 unspecified atom stereocenters. The third kappa shape index (κ3) is 11.1. The Kier molecular flexibility index (Phi) is 16.9. The molecule has 0 aliphatic carbocycles. The molecule has 0 aromatic heterocycles. The van der Waals surface area contributed by atoms with Gasteiger partial charge in [-0.25, -0.2) is 4.79 Å². The summed E-state index contributed by atoms with van der Waals surface area (Å²) in [5, 5.41) is 0. The molecular weight excluding hydrogens is 379 g/mol. The van der Waals surface area contributed by atoms with E-state index in [1.54, 1.807) is 0 Å². The van der Waals surface area contributed by atoms with Gasteiger partial charge in [0, 0.05) is 33.1 Å². The minimum Gasteiger partial charge on any atom is -0.387 e. The molecule has 0 saturated carbocycles. The molecule has 0 aromatic rings. The van der Waals surface area contributed by atoms with Gasteiger partial charge >= 0.3 is 17.9 Å². The summed E-state index contributed by atoms with van der Waals surface area (Å²) in [6.07, 6.45) is 4.97. The summed E-state index contributed by atoms with van der Waals surface area (Å²) in [7, 11) is 0. The van der Waals surface area contributed by atoms with Crippen LogP contribution in [0.15, 0.2) is 0 Å². The Labute approximate surface area is 158 Å². The minimum absolute atomic E-state index is 0. The second kappa shape index (κ2) is 15.4. The summed E-state index contributed by atoms with van der Waals surface area (Å²) in [6.45, 7) is 8.07. The van der Waals surface area contributed by atoms with Gasteiger partial charge in [-0.2, -0.15) is 0 Å². The summed E-state index contributed by atoms with van der Waals surface area (Å²) in [6, 6.07) is 0. The molecule has 0 amide bonds. The van der Waals surface area contributed by atoms with Crippen LogP contribution in [0.2, 0.25) is 0 Å². The first kappa shape index (κ1) is 25.1. The average Bonchev–Trinajstić information content (AvgIpc) is 2.46. The molecule has 0 aliphatic heterocycles. The van der Waals surface area contributed by atoms with E-state index >= 15 is 0 Å². The Morgan fingerprint density at radius 2 is 1.13 bits per heavy atom. The molecule has 0 radical (unpaired) electrons. The molecule has 0 heterocycles. The van der Waals surface area contributed by atoms with Crippen molar-refractivity contribution >= 4 is 11.9 Å². The quantitative estimate of drug-likeness (QED) is 0.201. The summed E-state index contributed by atoms with van der Waals surface area (Å²) in [4.78, 5) is 23.3. The smallest absolute Gasteiger partial charge is 0.387 e. The van der Waals surface area contributed by atoms with Crippen LogP contribution in [-0.4, -0.2) is 37.7 Å². The molecule has 0 aromatic carbocycles. The monoisotopic (exact) mass is 408 g/mol. The largest absolute Gasteiger partial charge is 0.405 e. The van der Waals surface area contributed by atoms with Crippen molar-refractivity contribution in [3.63, 3.8) is 0 Å². The molecule has 0 bridgehead atoms. The fourth-order valence-corrected chi connectivity index (χ4v) is 1.55. The third-order valence-corrected chi connectivity index (χ3v) is 2.86. The van der Waals surface area contributed by atoms with Gasteiger partial charge in [-0.1, -0.05) is 40.0 Å². The summed E-state index contributed by atoms with van der Waals surface area (Å²) in [5.41, 5.74) is 0. The van der Waals surface area contributed by atoms with Gasteiger partial charge in [0.1, 0.15) is 0 Å². The molecule has 0 N–H and O–H groups in total. The first-order valence-electron chi connectivity index (χ1n) is 8.17. The molecule has 0 atom stereocenters. The van der Waals surface area contributed by atoms with E-state index in [1.807, 2.05) is 20.8 Å². The Balaban J connectivity index is 0. The first-order valence-corrected chi connectivity index (χ1v) is 8.17. The zero-order valence-electron chi connectivity index (χ0n) is 14.8. The van der Waals surface area contributed by atoms with Crippen molar-refractivity contribution in [1.29, 1.82) is 0 Å². The topological polar surface area (TPSA) is 71.1 Å². The van der Waals surface area contributed by atoms with Gasteiger partial charge in [0.2, 0.25) is 0 Å². The fourth-order valence-electron chi connectivity index (χ4n) is 1.55. The average molecular weight is 410 g/mol. The number of ether oxygens (including phenoxy) is 4. The van der Waals surface area contributed by atoms with E-state index in [2.05, 4.69) is 4.74 Å². The first-order chi connectivity index (χ1) is 10.5. The van der Waals surface area contributed by atoms with E-state index in [1.165, 1.54) is 0 Å². The van der Waals surface area contributed by atoms with Gasteiger partial charge in [0.05, 0.1) is 19.8 Å². The number of hydrogen-bond donors (Lipinski definition) is 0. The number of hydrogen-bond acceptors (Lipinski definition) is 6. The van der Waals surface area contributed by atoms with Crippen LogP contribution in [0.4, 0.5) is 0 Å². The van der Waals surface area contributed by atoms with Crippen LogP contribution in [-0.2, 0) is 54.7 Å². The van der Waals surface area contributed by atoms with Crippen LogP contribution in [0.5, 0.6) is 0 Å². The van der Waals surface area contributed by atoms with Crippen LogP contribution >= 0.6 is 0 Å². The summed E-state index contributed by atoms with van der Waals surface area (Å²) in [5.74, 6) is -3.60. The predicted octanol–water partition coefficient (Wildman–Crippen LogP) is 3.18. The van der Waals surface area contributed by atoms with Crippen molar-refractivity contribution in [2.24, 2.45) is 0 Å². The van der Waals surface area contributed by atoms with E-state index < -0.39 is 17.9 Å². The molecule has 0 aliphatic rings. The third-order valence-electron chi connectivity index (χ3n) is 2.86. The molecule has 23 heavy (non-hydrogen) atoms. The summed E-state index contributed by atoms with van der Waals surface area (Å²) >= 11 is 0. The van der Waals surface area contributed by atoms with Gasteiger partial charge in [-0.05, 0) is 19.3 Å². The van der Waals surface area contributed by atoms with E-state index in [4.69, 9.17) is 14.2 Å². The predicted molar refractivity (Wildman–Crippen MR) is 82.1 cm³/mol. The second-order valence-corrected chi connectivity index (χ2v) is 5.04. The Morgan fingerprint density at radius 1 is 0.783 bits per heavy atom. The molecule has 0 saturated heterocycles. The molecule has 6 nitrogen and oxygen atoms in total. The zero-order chi connectivity index (χ0) is 16.8. The maximum atomic E-state index is 12.2. The van der Waals surface area contributed by atoms with Crippen molar-refractivity contribution in [3.05, 3.63) is 0 Å². The minimum atomic E-state index is -1.94. The molecule has 0 rings (SSSR count). The van der Waals surface area contributed by atoms with Crippen molar-refractivity contribution < 1.29 is 54.7 Å². The van der Waals surface area contributed by atoms with E-state index in [-0.39, 0.29) is 26.2 Å². The molecule has 134 valence electrons. The molecule has 0 fully saturated rings. The second-order valence-electron chi connectivity index (χ2n) is 5.04. The van der Waals surface area contributed by atoms with E-state index in [9.17, 15) is 9.59 Å². The molecular formula is C16H30O6Zr. The Bertz CT molecular complexity index is 295. The van der Waals surface area contributed by atoms with Crippen LogP contribution in [0, 0.1) is 0 Å². The Hall–Kier alpha value is -0.0969. The Morgan fingerprint density at radius 3 is 1.39 bits per heavy atom. The normalized spacial score (nSPS) is 11.0. The number of carbonyl (C=O) groups is 2. The van der Waals surface area contributed by atoms with Crippen molar-refractivity contribution in [3.8, 4) is 0 Å². The van der Waals surface area contributed by atoms with E-state index in [0.29, 0.717) is 19.8 Å². The number of carbonyl (C=O) groups excluding carboxylic acids is 2.